The molecule has 0 heterocycles. The molecule has 1 N–H and O–H groups in total. The lowest BCUT2D eigenvalue weighted by Gasteiger charge is -2.13. The van der Waals surface area contributed by atoms with Gasteiger partial charge < -0.3 is 14.2 Å². The predicted molar refractivity (Wildman–Crippen MR) is 124 cm³/mol. The van der Waals surface area contributed by atoms with Crippen molar-refractivity contribution in [1.82, 2.24) is 0 Å². The van der Waals surface area contributed by atoms with Gasteiger partial charge in [0.1, 0.15) is 0 Å². The van der Waals surface area contributed by atoms with Crippen LogP contribution in [0.1, 0.15) is 16.7 Å². The first-order valence-corrected chi connectivity index (χ1v) is 11.3. The van der Waals surface area contributed by atoms with Crippen LogP contribution in [0.4, 0.5) is 18.9 Å². The monoisotopic (exact) mass is 493 g/mol. The Hall–Kier alpha value is -3.66. The van der Waals surface area contributed by atoms with E-state index in [2.05, 4.69) is 4.72 Å². The third-order valence-electron chi connectivity index (χ3n) is 4.77. The van der Waals surface area contributed by atoms with Crippen molar-refractivity contribution in [1.29, 1.82) is 0 Å². The fraction of sp³-hybridized carbons (Fsp3) is 0.167. The zero-order valence-corrected chi connectivity index (χ0v) is 19.3. The summed E-state index contributed by atoms with van der Waals surface area (Å²) >= 11 is 0. The van der Waals surface area contributed by atoms with Gasteiger partial charge in [0.25, 0.3) is 10.0 Å². The van der Waals surface area contributed by atoms with Gasteiger partial charge in [0.05, 0.1) is 31.8 Å². The van der Waals surface area contributed by atoms with Crippen molar-refractivity contribution >= 4 is 27.9 Å². The topological polar surface area (TPSA) is 73.9 Å². The molecule has 0 aliphatic rings. The van der Waals surface area contributed by atoms with E-state index in [9.17, 15) is 21.6 Å². The maximum atomic E-state index is 13.0. The zero-order valence-electron chi connectivity index (χ0n) is 18.5. The molecule has 0 aromatic heterocycles. The SMILES string of the molecule is COc1cc(C=Cc2cccc(NS(=O)(=O)c3cccc(C(F)(F)F)c3)c2)cc(OC)c1OC. The van der Waals surface area contributed by atoms with E-state index < -0.39 is 26.7 Å². The average Bonchev–Trinajstić information content (AvgIpc) is 2.81. The minimum Gasteiger partial charge on any atom is -0.493 e. The quantitative estimate of drug-likeness (QED) is 0.408. The molecule has 3 rings (SSSR count). The van der Waals surface area contributed by atoms with Gasteiger partial charge in [-0.25, -0.2) is 8.42 Å². The van der Waals surface area contributed by atoms with Crippen LogP contribution in [-0.4, -0.2) is 29.7 Å². The van der Waals surface area contributed by atoms with Crippen LogP contribution >= 0.6 is 0 Å². The molecule has 0 fully saturated rings. The van der Waals surface area contributed by atoms with E-state index in [1.54, 1.807) is 42.5 Å². The van der Waals surface area contributed by atoms with Crippen molar-refractivity contribution in [2.45, 2.75) is 11.1 Å². The van der Waals surface area contributed by atoms with Crippen LogP contribution in [-0.2, 0) is 16.2 Å². The summed E-state index contributed by atoms with van der Waals surface area (Å²) in [5.74, 6) is 1.40. The third-order valence-corrected chi connectivity index (χ3v) is 6.14. The average molecular weight is 494 g/mol. The first-order chi connectivity index (χ1) is 16.1. The lowest BCUT2D eigenvalue weighted by atomic mass is 10.1. The highest BCUT2D eigenvalue weighted by Crippen LogP contribution is 2.38. The van der Waals surface area contributed by atoms with Gasteiger partial charge in [0, 0.05) is 5.69 Å². The van der Waals surface area contributed by atoms with Crippen LogP contribution in [0.2, 0.25) is 0 Å². The van der Waals surface area contributed by atoms with Gasteiger partial charge in [-0.05, 0) is 53.6 Å². The second kappa shape index (κ2) is 10.1. The minimum absolute atomic E-state index is 0.199. The first kappa shape index (κ1) is 25.0. The van der Waals surface area contributed by atoms with Crippen molar-refractivity contribution in [2.24, 2.45) is 0 Å². The Bertz CT molecular complexity index is 1280. The number of rotatable bonds is 8. The highest BCUT2D eigenvalue weighted by molar-refractivity contribution is 7.92. The Labute approximate surface area is 195 Å². The van der Waals surface area contributed by atoms with Gasteiger partial charge in [0.15, 0.2) is 11.5 Å². The van der Waals surface area contributed by atoms with E-state index >= 15 is 0 Å². The molecular weight excluding hydrogens is 471 g/mol. The van der Waals surface area contributed by atoms with Crippen molar-refractivity contribution in [3.05, 3.63) is 77.4 Å². The fourth-order valence-corrected chi connectivity index (χ4v) is 4.24. The van der Waals surface area contributed by atoms with E-state index in [0.29, 0.717) is 28.9 Å². The molecule has 3 aromatic rings. The van der Waals surface area contributed by atoms with Gasteiger partial charge in [-0.15, -0.1) is 0 Å². The fourth-order valence-electron chi connectivity index (χ4n) is 3.15. The maximum absolute atomic E-state index is 13.0. The molecule has 6 nitrogen and oxygen atoms in total. The van der Waals surface area contributed by atoms with E-state index in [-0.39, 0.29) is 5.69 Å². The smallest absolute Gasteiger partial charge is 0.416 e. The van der Waals surface area contributed by atoms with Crippen LogP contribution in [0, 0.1) is 0 Å². The molecule has 0 saturated heterocycles. The molecule has 0 spiro atoms. The molecule has 34 heavy (non-hydrogen) atoms. The lowest BCUT2D eigenvalue weighted by Crippen LogP contribution is -2.14. The Morgan fingerprint density at radius 2 is 1.41 bits per heavy atom. The summed E-state index contributed by atoms with van der Waals surface area (Å²) in [7, 11) is 0.285. The van der Waals surface area contributed by atoms with Gasteiger partial charge in [0.2, 0.25) is 5.75 Å². The summed E-state index contributed by atoms with van der Waals surface area (Å²) in [6, 6.07) is 13.5. The number of halogens is 3. The van der Waals surface area contributed by atoms with Gasteiger partial charge in [-0.3, -0.25) is 4.72 Å². The molecular formula is C24H22F3NO5S. The number of benzene rings is 3. The van der Waals surface area contributed by atoms with Crippen molar-refractivity contribution in [3.63, 3.8) is 0 Å². The first-order valence-electron chi connectivity index (χ1n) is 9.85. The molecule has 0 aliphatic heterocycles. The van der Waals surface area contributed by atoms with Crippen molar-refractivity contribution in [3.8, 4) is 17.2 Å². The second-order valence-electron chi connectivity index (χ2n) is 7.05. The Morgan fingerprint density at radius 1 is 0.794 bits per heavy atom. The third kappa shape index (κ3) is 5.82. The minimum atomic E-state index is -4.65. The van der Waals surface area contributed by atoms with Gasteiger partial charge >= 0.3 is 6.18 Å². The summed E-state index contributed by atoms with van der Waals surface area (Å²) in [6.07, 6.45) is -1.14. The van der Waals surface area contributed by atoms with Crippen LogP contribution in [0.3, 0.4) is 0 Å². The Balaban J connectivity index is 1.85. The number of sulfonamides is 1. The molecule has 0 amide bonds. The summed E-state index contributed by atoms with van der Waals surface area (Å²) in [5, 5.41) is 0. The summed E-state index contributed by atoms with van der Waals surface area (Å²) in [6.45, 7) is 0. The number of anilines is 1. The molecule has 3 aromatic carbocycles. The molecule has 0 radical (unpaired) electrons. The molecule has 180 valence electrons. The molecule has 10 heteroatoms. The largest absolute Gasteiger partial charge is 0.493 e. The van der Waals surface area contributed by atoms with Crippen LogP contribution < -0.4 is 18.9 Å². The van der Waals surface area contributed by atoms with Crippen LogP contribution in [0.25, 0.3) is 12.2 Å². The predicted octanol–water partition coefficient (Wildman–Crippen LogP) is 5.70. The van der Waals surface area contributed by atoms with E-state index in [0.717, 1.165) is 23.8 Å². The van der Waals surface area contributed by atoms with E-state index in [1.807, 2.05) is 0 Å². The number of nitrogens with one attached hydrogen (secondary N) is 1. The Morgan fingerprint density at radius 3 is 2.00 bits per heavy atom. The van der Waals surface area contributed by atoms with E-state index in [1.165, 1.54) is 27.4 Å². The molecule has 0 atom stereocenters. The van der Waals surface area contributed by atoms with Gasteiger partial charge in [-0.2, -0.15) is 13.2 Å². The highest BCUT2D eigenvalue weighted by Gasteiger charge is 2.31. The normalized spacial score (nSPS) is 11.9. The van der Waals surface area contributed by atoms with E-state index in [4.69, 9.17) is 14.2 Å². The number of hydrogen-bond acceptors (Lipinski definition) is 5. The van der Waals surface area contributed by atoms with Crippen molar-refractivity contribution < 1.29 is 35.8 Å². The molecule has 0 bridgehead atoms. The number of alkyl halides is 3. The number of ether oxygens (including phenoxy) is 3. The number of methoxy groups -OCH3 is 3. The highest BCUT2D eigenvalue weighted by atomic mass is 32.2. The molecule has 0 saturated carbocycles. The van der Waals surface area contributed by atoms with Gasteiger partial charge in [-0.1, -0.05) is 30.4 Å². The van der Waals surface area contributed by atoms with Crippen LogP contribution in [0.15, 0.2) is 65.6 Å². The summed E-state index contributed by atoms with van der Waals surface area (Å²) in [4.78, 5) is -0.485. The second-order valence-corrected chi connectivity index (χ2v) is 8.73. The molecule has 0 unspecified atom stereocenters. The Kier molecular flexibility index (Phi) is 7.41. The van der Waals surface area contributed by atoms with Crippen molar-refractivity contribution in [2.75, 3.05) is 26.1 Å². The summed E-state index contributed by atoms with van der Waals surface area (Å²) in [5.41, 5.74) is 0.546. The standard InChI is InChI=1S/C24H22F3NO5S/c1-31-21-13-17(14-22(32-2)23(21)33-3)11-10-16-6-4-8-19(12-16)28-34(29,30)20-9-5-7-18(15-20)24(25,26)27/h4-15,28H,1-3H3. The zero-order chi connectivity index (χ0) is 24.9. The number of hydrogen-bond donors (Lipinski definition) is 1. The maximum Gasteiger partial charge on any atom is 0.416 e. The lowest BCUT2D eigenvalue weighted by molar-refractivity contribution is -0.137. The van der Waals surface area contributed by atoms with Crippen LogP contribution in [0.5, 0.6) is 17.2 Å². The summed E-state index contributed by atoms with van der Waals surface area (Å²) < 4.78 is 82.4. The molecule has 0 aliphatic carbocycles.